The predicted octanol–water partition coefficient (Wildman–Crippen LogP) is 1.44. The van der Waals surface area contributed by atoms with Crippen LogP contribution in [0.2, 0.25) is 0 Å². The fourth-order valence-corrected chi connectivity index (χ4v) is 1.31. The van der Waals surface area contributed by atoms with Crippen molar-refractivity contribution in [3.05, 3.63) is 0 Å². The molecule has 96 valence electrons. The van der Waals surface area contributed by atoms with Crippen LogP contribution in [0.3, 0.4) is 0 Å². The number of carbonyl (C=O) groups is 1. The number of nitrogens with one attached hydrogen (secondary N) is 1. The average Bonchev–Trinajstić information content (AvgIpc) is 2.33. The van der Waals surface area contributed by atoms with E-state index in [9.17, 15) is 4.79 Å². The van der Waals surface area contributed by atoms with E-state index >= 15 is 0 Å². The van der Waals surface area contributed by atoms with Crippen LogP contribution in [0, 0.1) is 0 Å². The average molecular weight is 230 g/mol. The molecule has 16 heavy (non-hydrogen) atoms. The summed E-state index contributed by atoms with van der Waals surface area (Å²) in [5.41, 5.74) is 5.22. The third-order valence-electron chi connectivity index (χ3n) is 3.08. The van der Waals surface area contributed by atoms with Crippen molar-refractivity contribution >= 4 is 5.91 Å². The van der Waals surface area contributed by atoms with Crippen LogP contribution in [0.15, 0.2) is 0 Å². The third-order valence-corrected chi connectivity index (χ3v) is 3.08. The fraction of sp³-hybridized carbons (Fsp3) is 0.917. The molecular formula is C12H26N2O2. The zero-order valence-corrected chi connectivity index (χ0v) is 11.0. The molecule has 0 aromatic heterocycles. The van der Waals surface area contributed by atoms with Gasteiger partial charge in [0, 0.05) is 12.6 Å². The van der Waals surface area contributed by atoms with Gasteiger partial charge >= 0.3 is 0 Å². The van der Waals surface area contributed by atoms with Crippen LogP contribution < -0.4 is 11.1 Å². The molecular weight excluding hydrogens is 204 g/mol. The molecule has 0 heterocycles. The number of nitrogens with two attached hydrogens (primary N) is 1. The third kappa shape index (κ3) is 5.47. The van der Waals surface area contributed by atoms with Crippen molar-refractivity contribution in [1.29, 1.82) is 0 Å². The lowest BCUT2D eigenvalue weighted by atomic mass is 10.0. The van der Waals surface area contributed by atoms with E-state index in [0.29, 0.717) is 6.54 Å². The zero-order valence-electron chi connectivity index (χ0n) is 11.0. The number of carbonyl (C=O) groups excluding carboxylic acids is 1. The Balaban J connectivity index is 3.97. The first-order valence-corrected chi connectivity index (χ1v) is 6.14. The standard InChI is InChI=1S/C12H26N2O2/c1-5-10(6-2)14-11(15)8-16-12(4,7-3)9-13/h10H,5-9,13H2,1-4H3,(H,14,15). The van der Waals surface area contributed by atoms with Crippen LogP contribution >= 0.6 is 0 Å². The van der Waals surface area contributed by atoms with Crippen molar-refractivity contribution in [3.8, 4) is 0 Å². The normalized spacial score (nSPS) is 14.9. The summed E-state index contributed by atoms with van der Waals surface area (Å²) in [6.07, 6.45) is 2.70. The summed E-state index contributed by atoms with van der Waals surface area (Å²) in [6, 6.07) is 0.252. The molecule has 0 saturated heterocycles. The number of amides is 1. The molecule has 0 rings (SSSR count). The highest BCUT2D eigenvalue weighted by Crippen LogP contribution is 2.12. The molecule has 0 radical (unpaired) electrons. The maximum atomic E-state index is 11.6. The van der Waals surface area contributed by atoms with Crippen molar-refractivity contribution < 1.29 is 9.53 Å². The molecule has 3 N–H and O–H groups in total. The highest BCUT2D eigenvalue weighted by atomic mass is 16.5. The molecule has 0 aliphatic rings. The number of hydrogen-bond donors (Lipinski definition) is 2. The van der Waals surface area contributed by atoms with E-state index in [1.807, 2.05) is 13.8 Å². The van der Waals surface area contributed by atoms with Gasteiger partial charge in [0.2, 0.25) is 5.91 Å². The molecule has 4 nitrogen and oxygen atoms in total. The Morgan fingerprint density at radius 1 is 1.38 bits per heavy atom. The summed E-state index contributed by atoms with van der Waals surface area (Å²) in [5.74, 6) is -0.0539. The van der Waals surface area contributed by atoms with Crippen LogP contribution in [0.25, 0.3) is 0 Å². The summed E-state index contributed by atoms with van der Waals surface area (Å²) >= 11 is 0. The van der Waals surface area contributed by atoms with Crippen molar-refractivity contribution in [2.45, 2.75) is 58.6 Å². The van der Waals surface area contributed by atoms with Gasteiger partial charge in [-0.05, 0) is 26.2 Å². The molecule has 0 bridgehead atoms. The Morgan fingerprint density at radius 3 is 2.31 bits per heavy atom. The molecule has 0 saturated carbocycles. The van der Waals surface area contributed by atoms with Crippen LogP contribution in [-0.2, 0) is 9.53 Å². The smallest absolute Gasteiger partial charge is 0.246 e. The SMILES string of the molecule is CCC(CC)NC(=O)COC(C)(CC)CN. The summed E-state index contributed by atoms with van der Waals surface area (Å²) in [5, 5.41) is 2.93. The van der Waals surface area contributed by atoms with E-state index in [1.54, 1.807) is 0 Å². The van der Waals surface area contributed by atoms with Gasteiger partial charge in [-0.2, -0.15) is 0 Å². The largest absolute Gasteiger partial charge is 0.364 e. The number of ether oxygens (including phenoxy) is 1. The van der Waals surface area contributed by atoms with Crippen molar-refractivity contribution in [1.82, 2.24) is 5.32 Å². The van der Waals surface area contributed by atoms with Crippen LogP contribution in [0.5, 0.6) is 0 Å². The van der Waals surface area contributed by atoms with Crippen LogP contribution in [0.1, 0.15) is 47.0 Å². The molecule has 0 aromatic rings. The minimum atomic E-state index is -0.384. The van der Waals surface area contributed by atoms with E-state index in [0.717, 1.165) is 19.3 Å². The zero-order chi connectivity index (χ0) is 12.6. The molecule has 0 aliphatic carbocycles. The summed E-state index contributed by atoms with van der Waals surface area (Å²) < 4.78 is 5.54. The van der Waals surface area contributed by atoms with Crippen LogP contribution in [-0.4, -0.2) is 30.7 Å². The fourth-order valence-electron chi connectivity index (χ4n) is 1.31. The lowest BCUT2D eigenvalue weighted by molar-refractivity contribution is -0.132. The maximum absolute atomic E-state index is 11.6. The molecule has 1 unspecified atom stereocenters. The monoisotopic (exact) mass is 230 g/mol. The van der Waals surface area contributed by atoms with Gasteiger partial charge < -0.3 is 15.8 Å². The molecule has 1 amide bonds. The Morgan fingerprint density at radius 2 is 1.94 bits per heavy atom. The lowest BCUT2D eigenvalue weighted by Crippen LogP contribution is -2.42. The van der Waals surface area contributed by atoms with Crippen molar-refractivity contribution in [2.75, 3.05) is 13.2 Å². The summed E-state index contributed by atoms with van der Waals surface area (Å²) in [7, 11) is 0. The van der Waals surface area contributed by atoms with Gasteiger partial charge in [0.25, 0.3) is 0 Å². The van der Waals surface area contributed by atoms with Crippen molar-refractivity contribution in [3.63, 3.8) is 0 Å². The first-order valence-electron chi connectivity index (χ1n) is 6.14. The first kappa shape index (κ1) is 15.4. The predicted molar refractivity (Wildman–Crippen MR) is 66.2 cm³/mol. The van der Waals surface area contributed by atoms with Gasteiger partial charge in [-0.25, -0.2) is 0 Å². The van der Waals surface area contributed by atoms with Gasteiger partial charge in [-0.3, -0.25) is 4.79 Å². The van der Waals surface area contributed by atoms with E-state index in [4.69, 9.17) is 10.5 Å². The van der Waals surface area contributed by atoms with Gasteiger partial charge in [-0.15, -0.1) is 0 Å². The van der Waals surface area contributed by atoms with E-state index in [1.165, 1.54) is 0 Å². The molecule has 0 spiro atoms. The highest BCUT2D eigenvalue weighted by molar-refractivity contribution is 5.77. The van der Waals surface area contributed by atoms with Gasteiger partial charge in [0.05, 0.1) is 5.60 Å². The molecule has 0 aromatic carbocycles. The number of rotatable bonds is 8. The second kappa shape index (κ2) is 7.63. The topological polar surface area (TPSA) is 64.3 Å². The second-order valence-corrected chi connectivity index (χ2v) is 4.38. The van der Waals surface area contributed by atoms with Gasteiger partial charge in [0.15, 0.2) is 0 Å². The molecule has 0 aliphatic heterocycles. The molecule has 1 atom stereocenters. The van der Waals surface area contributed by atoms with Gasteiger partial charge in [0.1, 0.15) is 6.61 Å². The minimum Gasteiger partial charge on any atom is -0.364 e. The Labute approximate surface area is 98.9 Å². The minimum absolute atomic E-state index is 0.0539. The summed E-state index contributed by atoms with van der Waals surface area (Å²) in [6.45, 7) is 8.58. The van der Waals surface area contributed by atoms with Crippen LogP contribution in [0.4, 0.5) is 0 Å². The van der Waals surface area contributed by atoms with E-state index < -0.39 is 0 Å². The molecule has 4 heteroatoms. The Kier molecular flexibility index (Phi) is 7.34. The quantitative estimate of drug-likeness (QED) is 0.663. The second-order valence-electron chi connectivity index (χ2n) is 4.38. The highest BCUT2D eigenvalue weighted by Gasteiger charge is 2.22. The number of hydrogen-bond acceptors (Lipinski definition) is 3. The maximum Gasteiger partial charge on any atom is 0.246 e. The Bertz CT molecular complexity index is 199. The van der Waals surface area contributed by atoms with Gasteiger partial charge in [-0.1, -0.05) is 20.8 Å². The Hall–Kier alpha value is -0.610. The molecule has 0 fully saturated rings. The summed E-state index contributed by atoms with van der Waals surface area (Å²) in [4.78, 5) is 11.6. The van der Waals surface area contributed by atoms with Crippen molar-refractivity contribution in [2.24, 2.45) is 5.73 Å². The first-order chi connectivity index (χ1) is 7.51. The van der Waals surface area contributed by atoms with E-state index in [-0.39, 0.29) is 24.2 Å². The lowest BCUT2D eigenvalue weighted by Gasteiger charge is -2.27. The van der Waals surface area contributed by atoms with E-state index in [2.05, 4.69) is 19.2 Å².